The molecule has 2 aromatic carbocycles. The smallest absolute Gasteiger partial charge is 0.253 e. The monoisotopic (exact) mass is 337 g/mol. The molecule has 5 heteroatoms. The van der Waals surface area contributed by atoms with Gasteiger partial charge in [0.1, 0.15) is 0 Å². The van der Waals surface area contributed by atoms with Crippen LogP contribution >= 0.6 is 11.6 Å². The average Bonchev–Trinajstić information content (AvgIpc) is 2.64. The van der Waals surface area contributed by atoms with Crippen LogP contribution < -0.4 is 10.2 Å². The molecule has 2 aromatic rings. The third-order valence-corrected chi connectivity index (χ3v) is 4.14. The van der Waals surface area contributed by atoms with Crippen molar-refractivity contribution in [2.24, 2.45) is 0 Å². The quantitative estimate of drug-likeness (QED) is 0.921. The van der Waals surface area contributed by atoms with Gasteiger partial charge in [0.25, 0.3) is 5.91 Å². The fraction of sp³-hybridized carbons (Fsp3) is 0.158. The van der Waals surface area contributed by atoms with Gasteiger partial charge in [-0.1, -0.05) is 23.7 Å². The van der Waals surface area contributed by atoms with Gasteiger partial charge in [-0.15, -0.1) is 0 Å². The summed E-state index contributed by atoms with van der Waals surface area (Å²) in [5.74, 6) is -0.113. The second-order valence-corrected chi connectivity index (χ2v) is 6.00. The fourth-order valence-corrected chi connectivity index (χ4v) is 2.77. The van der Waals surface area contributed by atoms with Crippen LogP contribution in [0.4, 0.5) is 11.4 Å². The van der Waals surface area contributed by atoms with Crippen molar-refractivity contribution >= 4 is 28.9 Å². The summed E-state index contributed by atoms with van der Waals surface area (Å²) in [5.41, 5.74) is 3.01. The number of nitriles is 1. The van der Waals surface area contributed by atoms with Crippen molar-refractivity contribution in [3.8, 4) is 6.07 Å². The van der Waals surface area contributed by atoms with E-state index in [-0.39, 0.29) is 5.91 Å². The number of nitrogens with one attached hydrogen (secondary N) is 1. The lowest BCUT2D eigenvalue weighted by Gasteiger charge is -2.29. The van der Waals surface area contributed by atoms with Gasteiger partial charge in [0.2, 0.25) is 0 Å². The number of anilines is 2. The van der Waals surface area contributed by atoms with Gasteiger partial charge in [-0.2, -0.15) is 5.26 Å². The van der Waals surface area contributed by atoms with Crippen molar-refractivity contribution in [1.82, 2.24) is 0 Å². The van der Waals surface area contributed by atoms with E-state index in [4.69, 9.17) is 16.9 Å². The molecule has 0 unspecified atom stereocenters. The number of hydrogen-bond acceptors (Lipinski definition) is 3. The molecule has 0 radical (unpaired) electrons. The van der Waals surface area contributed by atoms with E-state index in [2.05, 4.69) is 16.3 Å². The Morgan fingerprint density at radius 1 is 1.21 bits per heavy atom. The highest BCUT2D eigenvalue weighted by Gasteiger charge is 2.18. The van der Waals surface area contributed by atoms with Crippen LogP contribution in [-0.2, 0) is 4.79 Å². The Morgan fingerprint density at radius 2 is 2.00 bits per heavy atom. The molecular weight excluding hydrogens is 322 g/mol. The molecule has 120 valence electrons. The fourth-order valence-electron chi connectivity index (χ4n) is 2.65. The average molecular weight is 338 g/mol. The highest BCUT2D eigenvalue weighted by molar-refractivity contribution is 6.30. The van der Waals surface area contributed by atoms with Crippen LogP contribution in [0.1, 0.15) is 12.0 Å². The van der Waals surface area contributed by atoms with Crippen LogP contribution in [-0.4, -0.2) is 19.0 Å². The largest absolute Gasteiger partial charge is 0.367 e. The highest BCUT2D eigenvalue weighted by Crippen LogP contribution is 2.22. The van der Waals surface area contributed by atoms with Crippen LogP contribution in [0.15, 0.2) is 60.2 Å². The number of rotatable bonds is 3. The number of carbonyl (C=O) groups excluding carboxylic acids is 1. The van der Waals surface area contributed by atoms with Gasteiger partial charge in [0.15, 0.2) is 0 Å². The third kappa shape index (κ3) is 3.76. The van der Waals surface area contributed by atoms with Crippen LogP contribution in [0.3, 0.4) is 0 Å². The molecular formula is C19H16ClN3O. The standard InChI is InChI=1S/C19H16ClN3O/c20-16-6-8-17(9-7-16)22-19(24)15-4-2-10-23(13-15)18-5-1-3-14(11-18)12-21/h1,3-9,11H,2,10,13H2,(H,22,24). The van der Waals surface area contributed by atoms with Crippen molar-refractivity contribution in [1.29, 1.82) is 5.26 Å². The zero-order valence-electron chi connectivity index (χ0n) is 13.0. The summed E-state index contributed by atoms with van der Waals surface area (Å²) >= 11 is 5.85. The topological polar surface area (TPSA) is 56.1 Å². The van der Waals surface area contributed by atoms with E-state index in [9.17, 15) is 4.79 Å². The maximum absolute atomic E-state index is 12.5. The third-order valence-electron chi connectivity index (χ3n) is 3.89. The summed E-state index contributed by atoms with van der Waals surface area (Å²) in [5, 5.41) is 12.6. The first kappa shape index (κ1) is 16.1. The second-order valence-electron chi connectivity index (χ2n) is 5.56. The first-order valence-electron chi connectivity index (χ1n) is 7.67. The number of hydrogen-bond donors (Lipinski definition) is 1. The van der Waals surface area contributed by atoms with E-state index >= 15 is 0 Å². The van der Waals surface area contributed by atoms with Gasteiger partial charge < -0.3 is 10.2 Å². The number of nitrogens with zero attached hydrogens (tertiary/aromatic N) is 2. The molecule has 0 aliphatic carbocycles. The van der Waals surface area contributed by atoms with Crippen molar-refractivity contribution in [2.75, 3.05) is 23.3 Å². The van der Waals surface area contributed by atoms with E-state index in [0.29, 0.717) is 22.8 Å². The number of halogens is 1. The number of benzene rings is 2. The molecule has 0 saturated carbocycles. The molecule has 1 aliphatic rings. The molecule has 0 atom stereocenters. The predicted molar refractivity (Wildman–Crippen MR) is 96.2 cm³/mol. The lowest BCUT2D eigenvalue weighted by atomic mass is 10.1. The van der Waals surface area contributed by atoms with E-state index in [1.165, 1.54) is 0 Å². The molecule has 1 N–H and O–H groups in total. The van der Waals surface area contributed by atoms with Crippen LogP contribution in [0, 0.1) is 11.3 Å². The molecule has 3 rings (SSSR count). The molecule has 1 aliphatic heterocycles. The Labute approximate surface area is 146 Å². The Bertz CT molecular complexity index is 821. The molecule has 0 spiro atoms. The summed E-state index contributed by atoms with van der Waals surface area (Å²) in [4.78, 5) is 14.6. The van der Waals surface area contributed by atoms with Crippen molar-refractivity contribution in [3.63, 3.8) is 0 Å². The van der Waals surface area contributed by atoms with Crippen molar-refractivity contribution in [2.45, 2.75) is 6.42 Å². The lowest BCUT2D eigenvalue weighted by Crippen LogP contribution is -2.34. The first-order valence-corrected chi connectivity index (χ1v) is 8.04. The van der Waals surface area contributed by atoms with Crippen molar-refractivity contribution < 1.29 is 4.79 Å². The van der Waals surface area contributed by atoms with Gasteiger partial charge in [-0.05, 0) is 48.9 Å². The number of carbonyl (C=O) groups is 1. The highest BCUT2D eigenvalue weighted by atomic mass is 35.5. The van der Waals surface area contributed by atoms with Crippen molar-refractivity contribution in [3.05, 3.63) is 70.8 Å². The van der Waals surface area contributed by atoms with Crippen LogP contribution in [0.5, 0.6) is 0 Å². The Morgan fingerprint density at radius 3 is 2.75 bits per heavy atom. The molecule has 0 fully saturated rings. The summed E-state index contributed by atoms with van der Waals surface area (Å²) < 4.78 is 0. The molecule has 0 saturated heterocycles. The van der Waals surface area contributed by atoms with Crippen LogP contribution in [0.25, 0.3) is 0 Å². The second kappa shape index (κ2) is 7.20. The SMILES string of the molecule is N#Cc1cccc(N2CCC=C(C(=O)Nc3ccc(Cl)cc3)C2)c1. The zero-order chi connectivity index (χ0) is 16.9. The van der Waals surface area contributed by atoms with Gasteiger partial charge in [0, 0.05) is 35.1 Å². The van der Waals surface area contributed by atoms with Crippen LogP contribution in [0.2, 0.25) is 5.02 Å². The van der Waals surface area contributed by atoms with Gasteiger partial charge in [-0.3, -0.25) is 4.79 Å². The van der Waals surface area contributed by atoms with E-state index in [1.54, 1.807) is 30.3 Å². The van der Waals surface area contributed by atoms with E-state index in [0.717, 1.165) is 24.2 Å². The Balaban J connectivity index is 1.70. The molecule has 4 nitrogen and oxygen atoms in total. The predicted octanol–water partition coefficient (Wildman–Crippen LogP) is 3.99. The first-order chi connectivity index (χ1) is 11.7. The lowest BCUT2D eigenvalue weighted by molar-refractivity contribution is -0.112. The molecule has 1 amide bonds. The van der Waals surface area contributed by atoms with Gasteiger partial charge in [0.05, 0.1) is 11.6 Å². The maximum Gasteiger partial charge on any atom is 0.253 e. The number of amides is 1. The minimum Gasteiger partial charge on any atom is -0.367 e. The van der Waals surface area contributed by atoms with Gasteiger partial charge in [-0.25, -0.2) is 0 Å². The molecule has 0 bridgehead atoms. The minimum absolute atomic E-state index is 0.113. The zero-order valence-corrected chi connectivity index (χ0v) is 13.8. The normalized spacial score (nSPS) is 13.8. The maximum atomic E-state index is 12.5. The molecule has 1 heterocycles. The van der Waals surface area contributed by atoms with Gasteiger partial charge >= 0.3 is 0 Å². The minimum atomic E-state index is -0.113. The Hall–Kier alpha value is -2.77. The van der Waals surface area contributed by atoms with E-state index in [1.807, 2.05) is 24.3 Å². The summed E-state index contributed by atoms with van der Waals surface area (Å²) in [6.07, 6.45) is 2.76. The summed E-state index contributed by atoms with van der Waals surface area (Å²) in [6.45, 7) is 1.35. The molecule has 0 aromatic heterocycles. The van der Waals surface area contributed by atoms with E-state index < -0.39 is 0 Å². The molecule has 24 heavy (non-hydrogen) atoms. The summed E-state index contributed by atoms with van der Waals surface area (Å²) in [6, 6.07) is 16.6. The Kier molecular flexibility index (Phi) is 4.83. The summed E-state index contributed by atoms with van der Waals surface area (Å²) in [7, 11) is 0.